The van der Waals surface area contributed by atoms with E-state index in [2.05, 4.69) is 5.32 Å². The van der Waals surface area contributed by atoms with Gasteiger partial charge in [-0.25, -0.2) is 4.79 Å². The van der Waals surface area contributed by atoms with Gasteiger partial charge in [0.25, 0.3) is 0 Å². The summed E-state index contributed by atoms with van der Waals surface area (Å²) in [5, 5.41) is 3.50. The van der Waals surface area contributed by atoms with Crippen LogP contribution < -0.4 is 10.6 Å². The highest BCUT2D eigenvalue weighted by molar-refractivity contribution is 7.70. The predicted molar refractivity (Wildman–Crippen MR) is 78.6 cm³/mol. The van der Waals surface area contributed by atoms with Crippen molar-refractivity contribution in [2.24, 2.45) is 0 Å². The van der Waals surface area contributed by atoms with Crippen molar-refractivity contribution in [2.75, 3.05) is 13.3 Å². The van der Waals surface area contributed by atoms with Gasteiger partial charge in [0, 0.05) is 11.8 Å². The first kappa shape index (κ1) is 15.8. The Morgan fingerprint density at radius 3 is 2.47 bits per heavy atom. The minimum atomic E-state index is -2.27. The molecule has 4 nitrogen and oxygen atoms in total. The second-order valence-corrected chi connectivity index (χ2v) is 9.09. The van der Waals surface area contributed by atoms with E-state index in [1.165, 1.54) is 0 Å². The van der Waals surface area contributed by atoms with Gasteiger partial charge in [-0.1, -0.05) is 18.2 Å². The van der Waals surface area contributed by atoms with E-state index in [9.17, 15) is 9.36 Å². The molecule has 0 heterocycles. The lowest BCUT2D eigenvalue weighted by Gasteiger charge is -2.19. The highest BCUT2D eigenvalue weighted by Crippen LogP contribution is 2.34. The number of hydrogen-bond acceptors (Lipinski definition) is 3. The van der Waals surface area contributed by atoms with Crippen molar-refractivity contribution in [1.82, 2.24) is 5.32 Å². The molecule has 1 amide bonds. The number of carbonyl (C=O) groups excluding carboxylic acids is 1. The number of hydrogen-bond donors (Lipinski definition) is 1. The highest BCUT2D eigenvalue weighted by Gasteiger charge is 2.16. The Morgan fingerprint density at radius 1 is 1.32 bits per heavy atom. The summed E-state index contributed by atoms with van der Waals surface area (Å²) >= 11 is 0. The maximum Gasteiger partial charge on any atom is 0.407 e. The van der Waals surface area contributed by atoms with Gasteiger partial charge in [-0.15, -0.1) is 0 Å². The van der Waals surface area contributed by atoms with Crippen LogP contribution in [0.2, 0.25) is 0 Å². The SMILES string of the molecule is CC(C)(C)OC(=O)NCc1cccc(P(C)(C)=O)c1. The van der Waals surface area contributed by atoms with Crippen LogP contribution in [0.15, 0.2) is 24.3 Å². The fraction of sp³-hybridized carbons (Fsp3) is 0.500. The van der Waals surface area contributed by atoms with Crippen LogP contribution in [0.5, 0.6) is 0 Å². The normalized spacial score (nSPS) is 12.1. The van der Waals surface area contributed by atoms with Gasteiger partial charge in [0.05, 0.1) is 0 Å². The molecule has 1 rings (SSSR count). The van der Waals surface area contributed by atoms with Crippen LogP contribution in [-0.4, -0.2) is 25.0 Å². The molecule has 19 heavy (non-hydrogen) atoms. The van der Waals surface area contributed by atoms with Crippen LogP contribution in [0.4, 0.5) is 4.79 Å². The average Bonchev–Trinajstić information content (AvgIpc) is 2.23. The third-order valence-electron chi connectivity index (χ3n) is 2.37. The van der Waals surface area contributed by atoms with Crippen LogP contribution in [0, 0.1) is 0 Å². The van der Waals surface area contributed by atoms with Gasteiger partial charge >= 0.3 is 6.09 Å². The molecule has 0 aliphatic heterocycles. The Labute approximate surface area is 114 Å². The van der Waals surface area contributed by atoms with Crippen molar-refractivity contribution in [3.63, 3.8) is 0 Å². The molecule has 0 bridgehead atoms. The molecule has 0 spiro atoms. The minimum absolute atomic E-state index is 0.364. The maximum absolute atomic E-state index is 12.0. The van der Waals surface area contributed by atoms with Crippen molar-refractivity contribution in [2.45, 2.75) is 32.9 Å². The standard InChI is InChI=1S/C14H22NO3P/c1-14(2,3)18-13(16)15-10-11-7-6-8-12(9-11)19(4,5)17/h6-9H,10H2,1-5H3,(H,15,16). The van der Waals surface area contributed by atoms with Crippen molar-refractivity contribution in [3.8, 4) is 0 Å². The molecular formula is C14H22NO3P. The third-order valence-corrected chi connectivity index (χ3v) is 3.89. The van der Waals surface area contributed by atoms with E-state index in [1.807, 2.05) is 45.0 Å². The molecule has 106 valence electrons. The van der Waals surface area contributed by atoms with Crippen LogP contribution >= 0.6 is 7.14 Å². The van der Waals surface area contributed by atoms with Crippen molar-refractivity contribution in [1.29, 1.82) is 0 Å². The zero-order chi connectivity index (χ0) is 14.7. The molecule has 0 saturated carbocycles. The van der Waals surface area contributed by atoms with Gasteiger partial charge in [-0.3, -0.25) is 0 Å². The quantitative estimate of drug-likeness (QED) is 0.868. The summed E-state index contributed by atoms with van der Waals surface area (Å²) in [7, 11) is -2.27. The maximum atomic E-state index is 12.0. The summed E-state index contributed by atoms with van der Waals surface area (Å²) in [6, 6.07) is 7.44. The fourth-order valence-corrected chi connectivity index (χ4v) is 2.41. The van der Waals surface area contributed by atoms with E-state index >= 15 is 0 Å². The second-order valence-electron chi connectivity index (χ2n) is 5.88. The molecule has 1 N–H and O–H groups in total. The summed E-state index contributed by atoms with van der Waals surface area (Å²) in [5.41, 5.74) is 0.404. The van der Waals surface area contributed by atoms with Gasteiger partial charge in [0.2, 0.25) is 0 Å². The predicted octanol–water partition coefficient (Wildman–Crippen LogP) is 2.96. The van der Waals surface area contributed by atoms with Gasteiger partial charge in [0.1, 0.15) is 12.7 Å². The van der Waals surface area contributed by atoms with Gasteiger partial charge in [-0.2, -0.15) is 0 Å². The zero-order valence-electron chi connectivity index (χ0n) is 12.2. The zero-order valence-corrected chi connectivity index (χ0v) is 13.1. The Balaban J connectivity index is 2.64. The summed E-state index contributed by atoms with van der Waals surface area (Å²) in [5.74, 6) is 0. The van der Waals surface area contributed by atoms with Gasteiger partial charge in [0.15, 0.2) is 0 Å². The summed E-state index contributed by atoms with van der Waals surface area (Å²) < 4.78 is 17.1. The van der Waals surface area contributed by atoms with Gasteiger partial charge < -0.3 is 14.6 Å². The molecular weight excluding hydrogens is 261 g/mol. The molecule has 0 aliphatic rings. The molecule has 0 aliphatic carbocycles. The Morgan fingerprint density at radius 2 is 1.95 bits per heavy atom. The fourth-order valence-electron chi connectivity index (χ4n) is 1.49. The number of rotatable bonds is 3. The van der Waals surface area contributed by atoms with E-state index in [-0.39, 0.29) is 0 Å². The van der Waals surface area contributed by atoms with E-state index < -0.39 is 18.8 Å². The van der Waals surface area contributed by atoms with Crippen molar-refractivity contribution in [3.05, 3.63) is 29.8 Å². The lowest BCUT2D eigenvalue weighted by molar-refractivity contribution is 0.0523. The topological polar surface area (TPSA) is 55.4 Å². The molecule has 0 saturated heterocycles. The van der Waals surface area contributed by atoms with Crippen molar-refractivity contribution >= 4 is 18.5 Å². The number of alkyl carbamates (subject to hydrolysis) is 1. The lowest BCUT2D eigenvalue weighted by atomic mass is 10.2. The van der Waals surface area contributed by atoms with E-state index in [4.69, 9.17) is 4.74 Å². The molecule has 0 radical (unpaired) electrons. The lowest BCUT2D eigenvalue weighted by Crippen LogP contribution is -2.32. The Kier molecular flexibility index (Phi) is 4.81. The molecule has 1 aromatic rings. The Bertz CT molecular complexity index is 500. The first-order chi connectivity index (χ1) is 8.58. The summed E-state index contributed by atoms with van der Waals surface area (Å²) in [6.45, 7) is 9.27. The molecule has 1 aromatic carbocycles. The smallest absolute Gasteiger partial charge is 0.407 e. The van der Waals surface area contributed by atoms with Gasteiger partial charge in [-0.05, 0) is 45.7 Å². The average molecular weight is 283 g/mol. The molecule has 0 fully saturated rings. The molecule has 0 aromatic heterocycles. The number of amides is 1. The summed E-state index contributed by atoms with van der Waals surface area (Å²) in [4.78, 5) is 11.5. The Hall–Kier alpha value is -1.28. The summed E-state index contributed by atoms with van der Waals surface area (Å²) in [6.07, 6.45) is -0.450. The van der Waals surface area contributed by atoms with Crippen LogP contribution in [0.25, 0.3) is 0 Å². The molecule has 0 atom stereocenters. The largest absolute Gasteiger partial charge is 0.444 e. The van der Waals surface area contributed by atoms with E-state index in [1.54, 1.807) is 13.3 Å². The molecule has 0 unspecified atom stereocenters. The first-order valence-electron chi connectivity index (χ1n) is 6.19. The monoisotopic (exact) mass is 283 g/mol. The minimum Gasteiger partial charge on any atom is -0.444 e. The first-order valence-corrected chi connectivity index (χ1v) is 8.79. The van der Waals surface area contributed by atoms with E-state index in [0.29, 0.717) is 6.54 Å². The molecule has 5 heteroatoms. The number of ether oxygens (including phenoxy) is 1. The highest BCUT2D eigenvalue weighted by atomic mass is 31.2. The second kappa shape index (κ2) is 5.79. The van der Waals surface area contributed by atoms with E-state index in [0.717, 1.165) is 10.9 Å². The van der Waals surface area contributed by atoms with Crippen LogP contribution in [0.1, 0.15) is 26.3 Å². The van der Waals surface area contributed by atoms with Crippen LogP contribution in [-0.2, 0) is 15.8 Å². The number of carbonyl (C=O) groups is 1. The number of nitrogens with one attached hydrogen (secondary N) is 1. The van der Waals surface area contributed by atoms with Crippen LogP contribution in [0.3, 0.4) is 0 Å². The van der Waals surface area contributed by atoms with Crippen molar-refractivity contribution < 1.29 is 14.1 Å². The number of benzene rings is 1. The third kappa shape index (κ3) is 5.93.